The molecule has 0 aliphatic carbocycles. The van der Waals surface area contributed by atoms with Gasteiger partial charge in [-0.25, -0.2) is 9.78 Å². The minimum atomic E-state index is -0.515. The molecule has 3 heterocycles. The Bertz CT molecular complexity index is 1110. The van der Waals surface area contributed by atoms with Crippen LogP contribution in [-0.4, -0.2) is 38.0 Å². The van der Waals surface area contributed by atoms with Gasteiger partial charge in [-0.2, -0.15) is 0 Å². The molecule has 4 rings (SSSR count). The molecule has 2 aromatic heterocycles. The molecule has 0 bridgehead atoms. The molecule has 1 aliphatic heterocycles. The molecule has 140 valence electrons. The summed E-state index contributed by atoms with van der Waals surface area (Å²) in [6.07, 6.45) is 1.67. The molecule has 1 atom stereocenters. The fraction of sp³-hybridized carbons (Fsp3) is 0.368. The van der Waals surface area contributed by atoms with Gasteiger partial charge in [0, 0.05) is 33.3 Å². The molecular formula is C19H20N4O4. The van der Waals surface area contributed by atoms with Crippen molar-refractivity contribution in [3.05, 3.63) is 62.8 Å². The molecule has 3 aromatic rings. The summed E-state index contributed by atoms with van der Waals surface area (Å²) in [5, 5.41) is 0. The van der Waals surface area contributed by atoms with E-state index in [0.717, 1.165) is 28.5 Å². The Kier molecular flexibility index (Phi) is 4.18. The van der Waals surface area contributed by atoms with E-state index in [9.17, 15) is 14.4 Å². The van der Waals surface area contributed by atoms with Crippen molar-refractivity contribution in [3.63, 3.8) is 0 Å². The topological polar surface area (TPSA) is 90.3 Å². The van der Waals surface area contributed by atoms with Gasteiger partial charge in [0.05, 0.1) is 5.92 Å². The normalized spacial score (nSPS) is 17.4. The number of nitrogens with zero attached hydrogens (tertiary/aromatic N) is 4. The highest BCUT2D eigenvalue weighted by atomic mass is 16.3. The van der Waals surface area contributed by atoms with Crippen LogP contribution in [0.5, 0.6) is 0 Å². The molecule has 8 nitrogen and oxygen atoms in total. The van der Waals surface area contributed by atoms with Crippen LogP contribution in [-0.2, 0) is 14.1 Å². The summed E-state index contributed by atoms with van der Waals surface area (Å²) in [4.78, 5) is 43.2. The van der Waals surface area contributed by atoms with Crippen LogP contribution in [0.2, 0.25) is 0 Å². The Morgan fingerprint density at radius 1 is 1.19 bits per heavy atom. The Labute approximate surface area is 154 Å². The molecule has 0 unspecified atom stereocenters. The van der Waals surface area contributed by atoms with Crippen LogP contribution in [0.3, 0.4) is 0 Å². The first-order valence-corrected chi connectivity index (χ1v) is 8.87. The maximum absolute atomic E-state index is 13.0. The van der Waals surface area contributed by atoms with Crippen LogP contribution >= 0.6 is 0 Å². The van der Waals surface area contributed by atoms with Crippen molar-refractivity contribution in [2.24, 2.45) is 14.1 Å². The van der Waals surface area contributed by atoms with Crippen LogP contribution in [0.1, 0.15) is 35.1 Å². The number of fused-ring (bicyclic) bond motifs is 1. The zero-order chi connectivity index (χ0) is 19.1. The lowest BCUT2D eigenvalue weighted by atomic mass is 9.97. The van der Waals surface area contributed by atoms with Gasteiger partial charge in [-0.3, -0.25) is 18.7 Å². The maximum Gasteiger partial charge on any atom is 0.331 e. The average Bonchev–Trinajstić information content (AvgIpc) is 3.13. The molecule has 27 heavy (non-hydrogen) atoms. The van der Waals surface area contributed by atoms with E-state index < -0.39 is 11.2 Å². The predicted octanol–water partition coefficient (Wildman–Crippen LogP) is 1.24. The number of rotatable bonds is 2. The molecule has 1 aromatic carbocycles. The molecule has 8 heteroatoms. The number of likely N-dealkylation sites (tertiary alicyclic amines) is 1. The predicted molar refractivity (Wildman–Crippen MR) is 98.8 cm³/mol. The Balaban J connectivity index is 1.62. The smallest absolute Gasteiger partial charge is 0.331 e. The van der Waals surface area contributed by atoms with E-state index in [0.29, 0.717) is 19.0 Å². The quantitative estimate of drug-likeness (QED) is 0.679. The van der Waals surface area contributed by atoms with Gasteiger partial charge < -0.3 is 9.32 Å². The highest BCUT2D eigenvalue weighted by molar-refractivity contribution is 5.92. The van der Waals surface area contributed by atoms with Gasteiger partial charge in [0.25, 0.3) is 11.5 Å². The Morgan fingerprint density at radius 2 is 1.96 bits per heavy atom. The van der Waals surface area contributed by atoms with Gasteiger partial charge in [0.2, 0.25) is 0 Å². The number of benzene rings is 1. The minimum Gasteiger partial charge on any atom is -0.440 e. The van der Waals surface area contributed by atoms with Crippen LogP contribution in [0.25, 0.3) is 11.1 Å². The number of hydrogen-bond donors (Lipinski definition) is 0. The van der Waals surface area contributed by atoms with E-state index >= 15 is 0 Å². The first-order valence-electron chi connectivity index (χ1n) is 8.87. The van der Waals surface area contributed by atoms with Gasteiger partial charge in [-0.1, -0.05) is 12.1 Å². The molecule has 1 aliphatic rings. The number of amides is 1. The number of oxazole rings is 1. The summed E-state index contributed by atoms with van der Waals surface area (Å²) in [6, 6.07) is 8.77. The lowest BCUT2D eigenvalue weighted by Crippen LogP contribution is -2.44. The molecule has 0 spiro atoms. The van der Waals surface area contributed by atoms with E-state index in [4.69, 9.17) is 4.42 Å². The van der Waals surface area contributed by atoms with Crippen molar-refractivity contribution in [3.8, 4) is 0 Å². The average molecular weight is 368 g/mol. The third-order valence-electron chi connectivity index (χ3n) is 5.11. The lowest BCUT2D eigenvalue weighted by molar-refractivity contribution is 0.0686. The van der Waals surface area contributed by atoms with E-state index in [1.165, 1.54) is 24.7 Å². The van der Waals surface area contributed by atoms with Crippen LogP contribution in [0.4, 0.5) is 0 Å². The van der Waals surface area contributed by atoms with Crippen molar-refractivity contribution in [2.45, 2.75) is 18.8 Å². The first kappa shape index (κ1) is 17.3. The largest absolute Gasteiger partial charge is 0.440 e. The van der Waals surface area contributed by atoms with Gasteiger partial charge in [0.15, 0.2) is 11.5 Å². The van der Waals surface area contributed by atoms with Gasteiger partial charge in [-0.05, 0) is 25.0 Å². The van der Waals surface area contributed by atoms with Crippen LogP contribution in [0.15, 0.2) is 44.3 Å². The molecule has 0 N–H and O–H groups in total. The van der Waals surface area contributed by atoms with Gasteiger partial charge in [-0.15, -0.1) is 0 Å². The second-order valence-electron chi connectivity index (χ2n) is 6.88. The van der Waals surface area contributed by atoms with Crippen molar-refractivity contribution in [1.29, 1.82) is 0 Å². The Morgan fingerprint density at radius 3 is 2.74 bits per heavy atom. The summed E-state index contributed by atoms with van der Waals surface area (Å²) < 4.78 is 8.06. The Hall–Kier alpha value is -3.16. The first-order chi connectivity index (χ1) is 13.0. The molecular weight excluding hydrogens is 348 g/mol. The molecule has 0 radical (unpaired) electrons. The highest BCUT2D eigenvalue weighted by Crippen LogP contribution is 2.29. The summed E-state index contributed by atoms with van der Waals surface area (Å²) in [7, 11) is 2.89. The van der Waals surface area contributed by atoms with Crippen LogP contribution < -0.4 is 11.2 Å². The second-order valence-corrected chi connectivity index (χ2v) is 6.88. The molecule has 1 saturated heterocycles. The van der Waals surface area contributed by atoms with E-state index in [-0.39, 0.29) is 17.5 Å². The number of carbonyl (C=O) groups excluding carboxylic acids is 1. The number of para-hydroxylation sites is 2. The zero-order valence-electron chi connectivity index (χ0n) is 15.2. The summed E-state index contributed by atoms with van der Waals surface area (Å²) >= 11 is 0. The third-order valence-corrected chi connectivity index (χ3v) is 5.11. The van der Waals surface area contributed by atoms with Crippen molar-refractivity contribution < 1.29 is 9.21 Å². The minimum absolute atomic E-state index is 0.0151. The number of aromatic nitrogens is 3. The van der Waals surface area contributed by atoms with Crippen LogP contribution in [0, 0.1) is 0 Å². The molecule has 1 amide bonds. The lowest BCUT2D eigenvalue weighted by Gasteiger charge is -2.31. The SMILES string of the molecule is Cn1c(C(=O)N2CCC[C@H](c3nc4ccccc4o3)C2)cc(=O)n(C)c1=O. The van der Waals surface area contributed by atoms with Crippen molar-refractivity contribution in [2.75, 3.05) is 13.1 Å². The highest BCUT2D eigenvalue weighted by Gasteiger charge is 2.30. The zero-order valence-corrected chi connectivity index (χ0v) is 15.2. The summed E-state index contributed by atoms with van der Waals surface area (Å²) in [5.74, 6) is 0.276. The van der Waals surface area contributed by atoms with Crippen molar-refractivity contribution in [1.82, 2.24) is 19.0 Å². The molecule has 1 fully saturated rings. The maximum atomic E-state index is 13.0. The van der Waals surface area contributed by atoms with E-state index in [1.807, 2.05) is 24.3 Å². The van der Waals surface area contributed by atoms with E-state index in [1.54, 1.807) is 4.90 Å². The summed E-state index contributed by atoms with van der Waals surface area (Å²) in [6.45, 7) is 1.01. The number of carbonyl (C=O) groups is 1. The second kappa shape index (κ2) is 6.53. The van der Waals surface area contributed by atoms with Crippen molar-refractivity contribution >= 4 is 17.0 Å². The fourth-order valence-corrected chi connectivity index (χ4v) is 3.53. The number of piperidine rings is 1. The van der Waals surface area contributed by atoms with Gasteiger partial charge in [0.1, 0.15) is 11.2 Å². The van der Waals surface area contributed by atoms with E-state index in [2.05, 4.69) is 4.98 Å². The third kappa shape index (κ3) is 2.97. The monoisotopic (exact) mass is 368 g/mol. The fourth-order valence-electron chi connectivity index (χ4n) is 3.53. The number of hydrogen-bond acceptors (Lipinski definition) is 5. The standard InChI is InChI=1S/C19H20N4O4/c1-21-14(10-16(24)22(2)19(21)26)18(25)23-9-5-6-12(11-23)17-20-13-7-3-4-8-15(13)27-17/h3-4,7-8,10,12H,5-6,9,11H2,1-2H3/t12-/m0/s1. The summed E-state index contributed by atoms with van der Waals surface area (Å²) in [5.41, 5.74) is 0.614. The van der Waals surface area contributed by atoms with Gasteiger partial charge >= 0.3 is 5.69 Å². The molecule has 0 saturated carbocycles.